The van der Waals surface area contributed by atoms with Crippen LogP contribution in [0.2, 0.25) is 0 Å². The van der Waals surface area contributed by atoms with E-state index in [1.54, 1.807) is 0 Å². The van der Waals surface area contributed by atoms with Gasteiger partial charge >= 0.3 is 0 Å². The summed E-state index contributed by atoms with van der Waals surface area (Å²) < 4.78 is 0. The van der Waals surface area contributed by atoms with Gasteiger partial charge in [-0.3, -0.25) is 4.79 Å². The molecule has 1 aromatic rings. The summed E-state index contributed by atoms with van der Waals surface area (Å²) in [7, 11) is 0. The highest BCUT2D eigenvalue weighted by Gasteiger charge is 2.34. The van der Waals surface area contributed by atoms with Crippen molar-refractivity contribution in [1.29, 1.82) is 0 Å². The van der Waals surface area contributed by atoms with Gasteiger partial charge in [0.25, 0.3) is 0 Å². The lowest BCUT2D eigenvalue weighted by Crippen LogP contribution is -2.33. The Bertz CT molecular complexity index is 508. The number of nitrogens with two attached hydrogens (primary N) is 1. The molecule has 0 aliphatic heterocycles. The maximum Gasteiger partial charge on any atom is 0.136 e. The molecule has 2 rings (SSSR count). The first-order chi connectivity index (χ1) is 11.0. The minimum atomic E-state index is 0.295. The van der Waals surface area contributed by atoms with Crippen LogP contribution in [0.3, 0.4) is 0 Å². The van der Waals surface area contributed by atoms with Crippen LogP contribution in [0.15, 0.2) is 24.3 Å². The molecule has 2 heteroatoms. The molecule has 1 saturated carbocycles. The first-order valence-corrected chi connectivity index (χ1v) is 9.32. The molecule has 1 aliphatic rings. The third-order valence-corrected chi connectivity index (χ3v) is 5.64. The Morgan fingerprint density at radius 1 is 1.22 bits per heavy atom. The van der Waals surface area contributed by atoms with Gasteiger partial charge in [0, 0.05) is 18.9 Å². The first kappa shape index (κ1) is 18.2. The first-order valence-electron chi connectivity index (χ1n) is 9.32. The fourth-order valence-corrected chi connectivity index (χ4v) is 4.21. The molecule has 3 atom stereocenters. The Hall–Kier alpha value is -1.15. The average molecular weight is 316 g/mol. The monoisotopic (exact) mass is 315 g/mol. The van der Waals surface area contributed by atoms with Crippen molar-refractivity contribution >= 4 is 5.78 Å². The van der Waals surface area contributed by atoms with Gasteiger partial charge in [0.1, 0.15) is 5.78 Å². The van der Waals surface area contributed by atoms with Crippen molar-refractivity contribution in [2.24, 2.45) is 29.4 Å². The van der Waals surface area contributed by atoms with E-state index in [4.69, 9.17) is 5.73 Å². The highest BCUT2D eigenvalue weighted by molar-refractivity contribution is 5.81. The van der Waals surface area contributed by atoms with Crippen molar-refractivity contribution < 1.29 is 4.79 Å². The van der Waals surface area contributed by atoms with Crippen molar-refractivity contribution in [3.63, 3.8) is 0 Å². The molecule has 0 heterocycles. The van der Waals surface area contributed by atoms with Crippen LogP contribution < -0.4 is 5.73 Å². The van der Waals surface area contributed by atoms with Crippen molar-refractivity contribution in [3.05, 3.63) is 35.4 Å². The van der Waals surface area contributed by atoms with Crippen LogP contribution in [0.1, 0.15) is 64.0 Å². The summed E-state index contributed by atoms with van der Waals surface area (Å²) in [5.74, 6) is 2.71. The van der Waals surface area contributed by atoms with E-state index in [0.29, 0.717) is 36.0 Å². The molecule has 2 N–H and O–H groups in total. The summed E-state index contributed by atoms with van der Waals surface area (Å²) in [6.07, 6.45) is 6.25. The van der Waals surface area contributed by atoms with Gasteiger partial charge in [0.15, 0.2) is 0 Å². The van der Waals surface area contributed by atoms with E-state index in [0.717, 1.165) is 25.7 Å². The van der Waals surface area contributed by atoms with Gasteiger partial charge < -0.3 is 5.73 Å². The molecule has 1 fully saturated rings. The van der Waals surface area contributed by atoms with Crippen LogP contribution in [0, 0.1) is 23.7 Å². The Morgan fingerprint density at radius 2 is 1.91 bits per heavy atom. The topological polar surface area (TPSA) is 43.1 Å². The number of rotatable bonds is 7. The van der Waals surface area contributed by atoms with Gasteiger partial charge in [-0.1, -0.05) is 51.5 Å². The highest BCUT2D eigenvalue weighted by Crippen LogP contribution is 2.39. The van der Waals surface area contributed by atoms with E-state index in [1.807, 2.05) is 6.07 Å². The second-order valence-corrected chi connectivity index (χ2v) is 7.73. The number of aryl methyl sites for hydroxylation is 1. The molecule has 1 aromatic carbocycles. The molecule has 0 aromatic heterocycles. The molecular formula is C21H33NO. The smallest absolute Gasteiger partial charge is 0.136 e. The van der Waals surface area contributed by atoms with Crippen LogP contribution in [-0.4, -0.2) is 5.78 Å². The Balaban J connectivity index is 1.90. The second kappa shape index (κ2) is 8.63. The van der Waals surface area contributed by atoms with Gasteiger partial charge in [-0.2, -0.15) is 0 Å². The van der Waals surface area contributed by atoms with Crippen LogP contribution in [0.25, 0.3) is 0 Å². The average Bonchev–Trinajstić information content (AvgIpc) is 2.54. The Labute approximate surface area is 141 Å². The zero-order chi connectivity index (χ0) is 16.8. The van der Waals surface area contributed by atoms with E-state index in [2.05, 4.69) is 39.0 Å². The normalized spacial score (nSPS) is 24.8. The van der Waals surface area contributed by atoms with Gasteiger partial charge in [0.2, 0.25) is 0 Å². The van der Waals surface area contributed by atoms with Crippen molar-refractivity contribution in [1.82, 2.24) is 0 Å². The molecule has 0 amide bonds. The van der Waals surface area contributed by atoms with Crippen molar-refractivity contribution in [3.8, 4) is 0 Å². The molecule has 2 nitrogen and oxygen atoms in total. The lowest BCUT2D eigenvalue weighted by atomic mass is 9.68. The number of carbonyl (C=O) groups is 1. The summed E-state index contributed by atoms with van der Waals surface area (Å²) >= 11 is 0. The van der Waals surface area contributed by atoms with Gasteiger partial charge in [-0.25, -0.2) is 0 Å². The Morgan fingerprint density at radius 3 is 2.57 bits per heavy atom. The Kier molecular flexibility index (Phi) is 6.83. The molecule has 0 spiro atoms. The molecule has 0 bridgehead atoms. The molecular weight excluding hydrogens is 282 g/mol. The molecule has 23 heavy (non-hydrogen) atoms. The third-order valence-electron chi connectivity index (χ3n) is 5.64. The minimum absolute atomic E-state index is 0.295. The number of ketones is 1. The number of carbonyl (C=O) groups excluding carboxylic acids is 1. The third kappa shape index (κ3) is 4.91. The fourth-order valence-electron chi connectivity index (χ4n) is 4.21. The second-order valence-electron chi connectivity index (χ2n) is 7.73. The quantitative estimate of drug-likeness (QED) is 0.789. The van der Waals surface area contributed by atoms with Crippen molar-refractivity contribution in [2.75, 3.05) is 0 Å². The largest absolute Gasteiger partial charge is 0.326 e. The maximum atomic E-state index is 12.8. The molecule has 1 aliphatic carbocycles. The molecule has 0 radical (unpaired) electrons. The predicted octanol–water partition coefficient (Wildman–Crippen LogP) is 4.75. The number of hydrogen-bond acceptors (Lipinski definition) is 2. The van der Waals surface area contributed by atoms with Crippen LogP contribution in [0.5, 0.6) is 0 Å². The number of hydrogen-bond donors (Lipinski definition) is 1. The van der Waals surface area contributed by atoms with E-state index in [-0.39, 0.29) is 0 Å². The molecule has 0 saturated heterocycles. The zero-order valence-corrected chi connectivity index (χ0v) is 15.1. The maximum absolute atomic E-state index is 12.8. The van der Waals surface area contributed by atoms with E-state index in [1.165, 1.54) is 24.0 Å². The summed E-state index contributed by atoms with van der Waals surface area (Å²) in [6, 6.07) is 8.34. The van der Waals surface area contributed by atoms with E-state index in [9.17, 15) is 4.79 Å². The lowest BCUT2D eigenvalue weighted by Gasteiger charge is -2.36. The SMILES string of the molecule is CC(C)[C@@H]1CC[C@@H](C)C[C@H]1C(=O)CCCc1ccccc1CN. The van der Waals surface area contributed by atoms with Crippen LogP contribution in [0.4, 0.5) is 0 Å². The number of Topliss-reactive ketones (excluding diaryl/α,β-unsaturated/α-hetero) is 1. The van der Waals surface area contributed by atoms with E-state index < -0.39 is 0 Å². The minimum Gasteiger partial charge on any atom is -0.326 e. The summed E-state index contributed by atoms with van der Waals surface area (Å²) in [4.78, 5) is 12.8. The highest BCUT2D eigenvalue weighted by atomic mass is 16.1. The van der Waals surface area contributed by atoms with E-state index >= 15 is 0 Å². The zero-order valence-electron chi connectivity index (χ0n) is 15.1. The van der Waals surface area contributed by atoms with Crippen molar-refractivity contribution in [2.45, 2.75) is 65.8 Å². The number of benzene rings is 1. The summed E-state index contributed by atoms with van der Waals surface area (Å²) in [5.41, 5.74) is 8.32. The predicted molar refractivity (Wildman–Crippen MR) is 97.1 cm³/mol. The lowest BCUT2D eigenvalue weighted by molar-refractivity contribution is -0.127. The van der Waals surface area contributed by atoms with Gasteiger partial charge in [-0.15, -0.1) is 0 Å². The fraction of sp³-hybridized carbons (Fsp3) is 0.667. The molecule has 0 unspecified atom stereocenters. The van der Waals surface area contributed by atoms with Gasteiger partial charge in [0.05, 0.1) is 0 Å². The van der Waals surface area contributed by atoms with Crippen LogP contribution in [-0.2, 0) is 17.8 Å². The van der Waals surface area contributed by atoms with Gasteiger partial charge in [-0.05, 0) is 54.6 Å². The molecule has 128 valence electrons. The standard InChI is InChI=1S/C21H33NO/c1-15(2)19-12-11-16(3)13-20(19)21(23)10-6-9-17-7-4-5-8-18(17)14-22/h4-5,7-8,15-16,19-20H,6,9-14,22H2,1-3H3/t16-,19+,20-/m1/s1. The summed E-state index contributed by atoms with van der Waals surface area (Å²) in [6.45, 7) is 7.44. The summed E-state index contributed by atoms with van der Waals surface area (Å²) in [5, 5.41) is 0. The van der Waals surface area contributed by atoms with Crippen LogP contribution >= 0.6 is 0 Å².